The Hall–Kier alpha value is -2.96. The highest BCUT2D eigenvalue weighted by Gasteiger charge is 2.09. The number of hydrazone groups is 1. The Balaban J connectivity index is 1.93. The van der Waals surface area contributed by atoms with Gasteiger partial charge in [0.25, 0.3) is 0 Å². The van der Waals surface area contributed by atoms with Crippen LogP contribution in [0.3, 0.4) is 0 Å². The SMILES string of the molecule is Cc1c(/C=N/Nc2cn[nH]c(=O)n2)c2ccccc2n1C. The summed E-state index contributed by atoms with van der Waals surface area (Å²) < 4.78 is 2.11. The number of rotatable bonds is 3. The first-order valence-electron chi connectivity index (χ1n) is 6.41. The highest BCUT2D eigenvalue weighted by molar-refractivity contribution is 6.01. The number of hydrogen-bond donors (Lipinski definition) is 2. The van der Waals surface area contributed by atoms with Crippen molar-refractivity contribution in [2.45, 2.75) is 6.92 Å². The molecule has 2 N–H and O–H groups in total. The van der Waals surface area contributed by atoms with E-state index in [9.17, 15) is 4.79 Å². The minimum atomic E-state index is -0.517. The second-order valence-electron chi connectivity index (χ2n) is 4.62. The van der Waals surface area contributed by atoms with Gasteiger partial charge in [-0.2, -0.15) is 15.2 Å². The zero-order valence-corrected chi connectivity index (χ0v) is 11.7. The van der Waals surface area contributed by atoms with E-state index in [2.05, 4.69) is 42.4 Å². The van der Waals surface area contributed by atoms with Crippen molar-refractivity contribution in [2.75, 3.05) is 5.43 Å². The number of nitrogens with one attached hydrogen (secondary N) is 2. The molecule has 0 spiro atoms. The van der Waals surface area contributed by atoms with Crippen LogP contribution in [0.4, 0.5) is 5.82 Å². The average Bonchev–Trinajstić information content (AvgIpc) is 2.73. The number of aromatic nitrogens is 4. The van der Waals surface area contributed by atoms with Crippen LogP contribution in [0, 0.1) is 6.92 Å². The van der Waals surface area contributed by atoms with Gasteiger partial charge in [0.1, 0.15) is 0 Å². The molecule has 3 rings (SSSR count). The molecule has 0 aliphatic rings. The van der Waals surface area contributed by atoms with Gasteiger partial charge in [-0.25, -0.2) is 9.89 Å². The first kappa shape index (κ1) is 13.0. The number of benzene rings is 1. The lowest BCUT2D eigenvalue weighted by Gasteiger charge is -1.98. The van der Waals surface area contributed by atoms with Gasteiger partial charge in [-0.3, -0.25) is 5.43 Å². The molecule has 0 amide bonds. The number of nitrogens with zero attached hydrogens (tertiary/aromatic N) is 4. The molecule has 7 heteroatoms. The zero-order chi connectivity index (χ0) is 14.8. The molecular formula is C14H14N6O. The van der Waals surface area contributed by atoms with Crippen molar-refractivity contribution < 1.29 is 0 Å². The maximum Gasteiger partial charge on any atom is 0.363 e. The van der Waals surface area contributed by atoms with Gasteiger partial charge in [-0.1, -0.05) is 18.2 Å². The van der Waals surface area contributed by atoms with Gasteiger partial charge in [0.15, 0.2) is 5.82 Å². The first-order valence-corrected chi connectivity index (χ1v) is 6.41. The summed E-state index contributed by atoms with van der Waals surface area (Å²) in [5.41, 5.74) is 5.47. The van der Waals surface area contributed by atoms with Gasteiger partial charge in [-0.05, 0) is 13.0 Å². The summed E-state index contributed by atoms with van der Waals surface area (Å²) >= 11 is 0. The molecular weight excluding hydrogens is 268 g/mol. The van der Waals surface area contributed by atoms with Crippen LogP contribution in [-0.4, -0.2) is 26.0 Å². The van der Waals surface area contributed by atoms with E-state index >= 15 is 0 Å². The zero-order valence-electron chi connectivity index (χ0n) is 11.7. The van der Waals surface area contributed by atoms with E-state index in [4.69, 9.17) is 0 Å². The molecule has 0 aliphatic carbocycles. The number of anilines is 1. The minimum Gasteiger partial charge on any atom is -0.347 e. The summed E-state index contributed by atoms with van der Waals surface area (Å²) in [6.45, 7) is 2.04. The second-order valence-corrected chi connectivity index (χ2v) is 4.62. The third-order valence-electron chi connectivity index (χ3n) is 3.39. The Bertz CT molecular complexity index is 877. The summed E-state index contributed by atoms with van der Waals surface area (Å²) in [6, 6.07) is 8.12. The predicted molar refractivity (Wildman–Crippen MR) is 81.5 cm³/mol. The Morgan fingerprint density at radius 2 is 2.19 bits per heavy atom. The number of aromatic amines is 1. The van der Waals surface area contributed by atoms with Gasteiger partial charge < -0.3 is 4.57 Å². The number of para-hydroxylation sites is 1. The third kappa shape index (κ3) is 2.40. The Morgan fingerprint density at radius 3 is 3.00 bits per heavy atom. The lowest BCUT2D eigenvalue weighted by molar-refractivity contribution is 0.912. The molecule has 0 unspecified atom stereocenters. The summed E-state index contributed by atoms with van der Waals surface area (Å²) in [4.78, 5) is 14.7. The van der Waals surface area contributed by atoms with Crippen LogP contribution in [0.15, 0.2) is 40.4 Å². The van der Waals surface area contributed by atoms with Crippen LogP contribution in [0.1, 0.15) is 11.3 Å². The minimum absolute atomic E-state index is 0.299. The third-order valence-corrected chi connectivity index (χ3v) is 3.39. The van der Waals surface area contributed by atoms with Gasteiger partial charge in [-0.15, -0.1) is 0 Å². The molecule has 0 radical (unpaired) electrons. The van der Waals surface area contributed by atoms with Crippen LogP contribution >= 0.6 is 0 Å². The van der Waals surface area contributed by atoms with E-state index in [1.54, 1.807) is 6.21 Å². The van der Waals surface area contributed by atoms with E-state index in [1.807, 2.05) is 26.1 Å². The van der Waals surface area contributed by atoms with Crippen LogP contribution in [0.25, 0.3) is 10.9 Å². The molecule has 21 heavy (non-hydrogen) atoms. The maximum atomic E-state index is 11.0. The van der Waals surface area contributed by atoms with E-state index in [0.717, 1.165) is 22.2 Å². The molecule has 0 fully saturated rings. The predicted octanol–water partition coefficient (Wildman–Crippen LogP) is 1.41. The summed E-state index contributed by atoms with van der Waals surface area (Å²) in [5, 5.41) is 11.1. The lowest BCUT2D eigenvalue weighted by atomic mass is 10.1. The Labute approximate surface area is 120 Å². The average molecular weight is 282 g/mol. The molecule has 1 aromatic carbocycles. The van der Waals surface area contributed by atoms with E-state index in [1.165, 1.54) is 6.20 Å². The highest BCUT2D eigenvalue weighted by atomic mass is 16.1. The molecule has 3 aromatic rings. The summed E-state index contributed by atoms with van der Waals surface area (Å²) in [7, 11) is 2.02. The maximum absolute atomic E-state index is 11.0. The highest BCUT2D eigenvalue weighted by Crippen LogP contribution is 2.23. The van der Waals surface area contributed by atoms with Gasteiger partial charge in [0.2, 0.25) is 0 Å². The van der Waals surface area contributed by atoms with E-state index in [-0.39, 0.29) is 0 Å². The Morgan fingerprint density at radius 1 is 1.38 bits per heavy atom. The van der Waals surface area contributed by atoms with Crippen molar-refractivity contribution in [3.05, 3.63) is 52.2 Å². The molecule has 0 aliphatic heterocycles. The fourth-order valence-electron chi connectivity index (χ4n) is 2.24. The van der Waals surface area contributed by atoms with Crippen LogP contribution < -0.4 is 11.1 Å². The molecule has 2 aromatic heterocycles. The topological polar surface area (TPSA) is 88.0 Å². The van der Waals surface area contributed by atoms with Crippen LogP contribution in [0.5, 0.6) is 0 Å². The fraction of sp³-hybridized carbons (Fsp3) is 0.143. The molecule has 0 saturated carbocycles. The van der Waals surface area contributed by atoms with Crippen molar-refractivity contribution in [3.8, 4) is 0 Å². The monoisotopic (exact) mass is 282 g/mol. The van der Waals surface area contributed by atoms with E-state index < -0.39 is 5.69 Å². The summed E-state index contributed by atoms with van der Waals surface area (Å²) in [6.07, 6.45) is 3.12. The molecule has 0 saturated heterocycles. The number of aryl methyl sites for hydroxylation is 1. The number of H-pyrrole nitrogens is 1. The lowest BCUT2D eigenvalue weighted by Crippen LogP contribution is -2.13. The molecule has 2 heterocycles. The van der Waals surface area contributed by atoms with Crippen LogP contribution in [-0.2, 0) is 7.05 Å². The number of fused-ring (bicyclic) bond motifs is 1. The molecule has 0 bridgehead atoms. The standard InChI is InChI=1S/C14H14N6O/c1-9-11(10-5-3-4-6-12(10)20(9)2)7-15-18-13-8-16-19-14(21)17-13/h3-8H,1-2H3,(H2,17,18,19,21)/b15-7+. The van der Waals surface area contributed by atoms with Crippen molar-refractivity contribution in [1.82, 2.24) is 19.7 Å². The molecule has 7 nitrogen and oxygen atoms in total. The van der Waals surface area contributed by atoms with Gasteiger partial charge >= 0.3 is 5.69 Å². The van der Waals surface area contributed by atoms with E-state index in [0.29, 0.717) is 5.82 Å². The normalized spacial score (nSPS) is 11.3. The van der Waals surface area contributed by atoms with Crippen LogP contribution in [0.2, 0.25) is 0 Å². The fourth-order valence-corrected chi connectivity index (χ4v) is 2.24. The summed E-state index contributed by atoms with van der Waals surface area (Å²) in [5.74, 6) is 0.299. The van der Waals surface area contributed by atoms with Crippen molar-refractivity contribution in [1.29, 1.82) is 0 Å². The molecule has 106 valence electrons. The van der Waals surface area contributed by atoms with Gasteiger partial charge in [0, 0.05) is 29.2 Å². The number of hydrogen-bond acceptors (Lipinski definition) is 5. The first-order chi connectivity index (χ1) is 10.2. The van der Waals surface area contributed by atoms with Crippen molar-refractivity contribution >= 4 is 22.9 Å². The molecule has 0 atom stereocenters. The largest absolute Gasteiger partial charge is 0.363 e. The van der Waals surface area contributed by atoms with Gasteiger partial charge in [0.05, 0.1) is 12.4 Å². The Kier molecular flexibility index (Phi) is 3.23. The van der Waals surface area contributed by atoms with Crippen molar-refractivity contribution in [2.24, 2.45) is 12.1 Å². The second kappa shape index (κ2) is 5.20. The smallest absolute Gasteiger partial charge is 0.347 e. The van der Waals surface area contributed by atoms with Crippen molar-refractivity contribution in [3.63, 3.8) is 0 Å². The quantitative estimate of drug-likeness (QED) is 0.561.